The van der Waals surface area contributed by atoms with Crippen molar-refractivity contribution in [3.63, 3.8) is 0 Å². The van der Waals surface area contributed by atoms with E-state index in [2.05, 4.69) is 29.6 Å². The highest BCUT2D eigenvalue weighted by molar-refractivity contribution is 6.76. The van der Waals surface area contributed by atoms with Crippen LogP contribution in [0.15, 0.2) is 35.5 Å². The van der Waals surface area contributed by atoms with Crippen LogP contribution < -0.4 is 5.69 Å². The summed E-state index contributed by atoms with van der Waals surface area (Å²) in [6.45, 7) is 8.49. The second-order valence-corrected chi connectivity index (χ2v) is 14.7. The minimum atomic E-state index is -1.10. The molecule has 0 atom stereocenters. The van der Waals surface area contributed by atoms with Crippen molar-refractivity contribution in [1.82, 2.24) is 19.1 Å². The van der Waals surface area contributed by atoms with Crippen LogP contribution in [0.1, 0.15) is 30.0 Å². The topological polar surface area (TPSA) is 82.2 Å². The van der Waals surface area contributed by atoms with Gasteiger partial charge in [0.2, 0.25) is 5.88 Å². The molecular formula is C21H28N4O3Si. The van der Waals surface area contributed by atoms with Crippen LogP contribution in [0.4, 0.5) is 0 Å². The third kappa shape index (κ3) is 4.76. The number of nitrogens with zero attached hydrogens (tertiary/aromatic N) is 4. The molecule has 2 heterocycles. The summed E-state index contributed by atoms with van der Waals surface area (Å²) in [5.74, 6) is 0.343. The number of ether oxygens (including phenoxy) is 1. The summed E-state index contributed by atoms with van der Waals surface area (Å²) in [6, 6.07) is 7.00. The maximum absolute atomic E-state index is 12.5. The van der Waals surface area contributed by atoms with Crippen molar-refractivity contribution >= 4 is 19.0 Å². The first kappa shape index (κ1) is 19.8. The molecule has 2 aromatic heterocycles. The van der Waals surface area contributed by atoms with Gasteiger partial charge in [0.1, 0.15) is 6.73 Å². The summed E-state index contributed by atoms with van der Waals surface area (Å²) in [5, 5.41) is 10.7. The zero-order chi connectivity index (χ0) is 20.6. The Hall–Kier alpha value is -2.45. The first-order valence-corrected chi connectivity index (χ1v) is 13.8. The maximum Gasteiger partial charge on any atom is 0.351 e. The molecule has 1 aliphatic carbocycles. The molecule has 0 radical (unpaired) electrons. The van der Waals surface area contributed by atoms with Crippen LogP contribution in [0, 0.1) is 0 Å². The van der Waals surface area contributed by atoms with Crippen molar-refractivity contribution in [2.24, 2.45) is 0 Å². The van der Waals surface area contributed by atoms with Gasteiger partial charge in [-0.05, 0) is 42.5 Å². The van der Waals surface area contributed by atoms with Crippen LogP contribution in [-0.4, -0.2) is 38.9 Å². The summed E-state index contributed by atoms with van der Waals surface area (Å²) < 4.78 is 9.23. The summed E-state index contributed by atoms with van der Waals surface area (Å²) in [4.78, 5) is 20.7. The molecule has 3 aromatic rings. The van der Waals surface area contributed by atoms with E-state index in [4.69, 9.17) is 4.74 Å². The Morgan fingerprint density at radius 3 is 2.79 bits per heavy atom. The zero-order valence-corrected chi connectivity index (χ0v) is 18.3. The number of hydrogen-bond donors (Lipinski definition) is 1. The van der Waals surface area contributed by atoms with Gasteiger partial charge in [-0.2, -0.15) is 4.98 Å². The highest BCUT2D eigenvalue weighted by atomic mass is 28.3. The minimum Gasteiger partial charge on any atom is -0.493 e. The molecule has 1 aliphatic rings. The molecule has 4 rings (SSSR count). The summed E-state index contributed by atoms with van der Waals surface area (Å²) in [7, 11) is -1.10. The number of hydrogen-bond acceptors (Lipinski definition) is 5. The molecule has 0 spiro atoms. The molecule has 0 unspecified atom stereocenters. The third-order valence-electron chi connectivity index (χ3n) is 5.28. The van der Waals surface area contributed by atoms with E-state index in [0.717, 1.165) is 18.3 Å². The number of aromatic nitrogens is 4. The van der Waals surface area contributed by atoms with Gasteiger partial charge in [-0.15, -0.1) is 0 Å². The second-order valence-electron chi connectivity index (χ2n) is 9.08. The smallest absolute Gasteiger partial charge is 0.351 e. The number of imidazole rings is 1. The Balaban J connectivity index is 1.53. The minimum absolute atomic E-state index is 0.218. The van der Waals surface area contributed by atoms with Crippen LogP contribution in [0.5, 0.6) is 5.88 Å². The molecule has 154 valence electrons. The van der Waals surface area contributed by atoms with Crippen molar-refractivity contribution < 1.29 is 9.84 Å². The van der Waals surface area contributed by atoms with Crippen LogP contribution in [-0.2, 0) is 18.0 Å². The van der Waals surface area contributed by atoms with Crippen LogP contribution >= 0.6 is 0 Å². The van der Waals surface area contributed by atoms with E-state index in [1.807, 2.05) is 29.0 Å². The average molecular weight is 413 g/mol. The molecule has 7 nitrogen and oxygen atoms in total. The predicted molar refractivity (Wildman–Crippen MR) is 115 cm³/mol. The van der Waals surface area contributed by atoms with Crippen LogP contribution in [0.25, 0.3) is 10.9 Å². The fraction of sp³-hybridized carbons (Fsp3) is 0.476. The van der Waals surface area contributed by atoms with Crippen molar-refractivity contribution in [3.8, 4) is 5.88 Å². The highest BCUT2D eigenvalue weighted by Gasteiger charge is 2.24. The predicted octanol–water partition coefficient (Wildman–Crippen LogP) is 3.54. The lowest BCUT2D eigenvalue weighted by Gasteiger charge is -2.15. The van der Waals surface area contributed by atoms with E-state index >= 15 is 0 Å². The molecule has 29 heavy (non-hydrogen) atoms. The molecule has 0 aliphatic heterocycles. The van der Waals surface area contributed by atoms with Crippen molar-refractivity contribution in [2.75, 3.05) is 6.61 Å². The van der Waals surface area contributed by atoms with E-state index in [1.165, 1.54) is 18.4 Å². The molecule has 0 saturated heterocycles. The Labute approximate surface area is 171 Å². The van der Waals surface area contributed by atoms with Gasteiger partial charge >= 0.3 is 5.69 Å². The Morgan fingerprint density at radius 1 is 1.28 bits per heavy atom. The van der Waals surface area contributed by atoms with Gasteiger partial charge in [0, 0.05) is 20.9 Å². The standard InChI is InChI=1S/C21H28N4O3Si/c1-29(2,3)9-8-28-14-24-11-17(22-13-24)12-25-19-10-16(15-4-5-15)6-7-18(19)20(26)23-21(25)27/h6-7,10-11,13,15H,4-5,8-9,12,14H2,1-3H3,(H,23,26,27). The lowest BCUT2D eigenvalue weighted by molar-refractivity contribution is 0.0871. The van der Waals surface area contributed by atoms with E-state index in [1.54, 1.807) is 10.9 Å². The maximum atomic E-state index is 12.5. The van der Waals surface area contributed by atoms with Gasteiger partial charge in [-0.3, -0.25) is 4.57 Å². The zero-order valence-electron chi connectivity index (χ0n) is 17.3. The van der Waals surface area contributed by atoms with E-state index in [-0.39, 0.29) is 5.88 Å². The fourth-order valence-electron chi connectivity index (χ4n) is 3.37. The monoisotopic (exact) mass is 412 g/mol. The van der Waals surface area contributed by atoms with Crippen molar-refractivity contribution in [2.45, 2.75) is 57.7 Å². The number of rotatable bonds is 8. The highest BCUT2D eigenvalue weighted by Crippen LogP contribution is 2.41. The van der Waals surface area contributed by atoms with Gasteiger partial charge in [0.05, 0.1) is 29.5 Å². The normalized spacial score (nSPS) is 14.6. The largest absolute Gasteiger partial charge is 0.493 e. The average Bonchev–Trinajstić information content (AvgIpc) is 3.41. The Kier molecular flexibility index (Phi) is 5.31. The molecule has 0 amide bonds. The van der Waals surface area contributed by atoms with Gasteiger partial charge in [0.15, 0.2) is 0 Å². The Morgan fingerprint density at radius 2 is 2.07 bits per heavy atom. The lowest BCUT2D eigenvalue weighted by Crippen LogP contribution is -2.24. The number of fused-ring (bicyclic) bond motifs is 1. The fourth-order valence-corrected chi connectivity index (χ4v) is 4.12. The first-order chi connectivity index (χ1) is 13.8. The SMILES string of the molecule is C[Si](C)(C)CCOCn1cnc(Cn2c(=O)nc(O)c3ccc(C4CC4)cc32)c1. The second kappa shape index (κ2) is 7.76. The third-order valence-corrected chi connectivity index (χ3v) is 6.98. The molecule has 1 N–H and O–H groups in total. The molecular weight excluding hydrogens is 384 g/mol. The van der Waals surface area contributed by atoms with Crippen LogP contribution in [0.3, 0.4) is 0 Å². The van der Waals surface area contributed by atoms with Gasteiger partial charge in [-0.25, -0.2) is 9.78 Å². The lowest BCUT2D eigenvalue weighted by atomic mass is 10.1. The van der Waals surface area contributed by atoms with Gasteiger partial charge in [0.25, 0.3) is 0 Å². The number of benzene rings is 1. The molecule has 1 fully saturated rings. The van der Waals surface area contributed by atoms with E-state index < -0.39 is 13.8 Å². The molecule has 8 heteroatoms. The quantitative estimate of drug-likeness (QED) is 0.452. The molecule has 1 saturated carbocycles. The van der Waals surface area contributed by atoms with E-state index in [0.29, 0.717) is 30.1 Å². The summed E-state index contributed by atoms with van der Waals surface area (Å²) >= 11 is 0. The van der Waals surface area contributed by atoms with Gasteiger partial charge in [-0.1, -0.05) is 25.7 Å². The summed E-state index contributed by atoms with van der Waals surface area (Å²) in [6.07, 6.45) is 5.97. The van der Waals surface area contributed by atoms with Crippen molar-refractivity contribution in [1.29, 1.82) is 0 Å². The first-order valence-electron chi connectivity index (χ1n) is 10.1. The summed E-state index contributed by atoms with van der Waals surface area (Å²) in [5.41, 5.74) is 2.20. The van der Waals surface area contributed by atoms with E-state index in [9.17, 15) is 9.90 Å². The van der Waals surface area contributed by atoms with Gasteiger partial charge < -0.3 is 14.4 Å². The number of aromatic hydroxyl groups is 1. The molecule has 1 aromatic carbocycles. The Bertz CT molecular complexity index is 1080. The van der Waals surface area contributed by atoms with Crippen molar-refractivity contribution in [3.05, 3.63) is 52.5 Å². The molecule has 0 bridgehead atoms. The van der Waals surface area contributed by atoms with Crippen LogP contribution in [0.2, 0.25) is 25.7 Å².